The highest BCUT2D eigenvalue weighted by Gasteiger charge is 2.21. The molecule has 0 amide bonds. The highest BCUT2D eigenvalue weighted by Crippen LogP contribution is 2.37. The lowest BCUT2D eigenvalue weighted by atomic mass is 9.83. The van der Waals surface area contributed by atoms with E-state index in [0.29, 0.717) is 18.5 Å². The smallest absolute Gasteiger partial charge is 0.115 e. The van der Waals surface area contributed by atoms with E-state index in [1.807, 2.05) is 30.3 Å². The monoisotopic (exact) mass is 441 g/mol. The molecule has 1 aliphatic carbocycles. The predicted octanol–water partition coefficient (Wildman–Crippen LogP) is 6.74. The number of halogens is 2. The minimum absolute atomic E-state index is 0.144. The molecule has 0 fully saturated rings. The van der Waals surface area contributed by atoms with Crippen molar-refractivity contribution < 1.29 is 9.50 Å². The minimum Gasteiger partial charge on any atom is -0.396 e. The van der Waals surface area contributed by atoms with Crippen LogP contribution in [0.3, 0.4) is 0 Å². The van der Waals surface area contributed by atoms with Crippen molar-refractivity contribution in [2.24, 2.45) is 5.41 Å². The zero-order valence-electron chi connectivity index (χ0n) is 18.8. The molecule has 31 heavy (non-hydrogen) atoms. The van der Waals surface area contributed by atoms with Crippen molar-refractivity contribution in [3.05, 3.63) is 81.9 Å². The van der Waals surface area contributed by atoms with Crippen molar-refractivity contribution in [1.29, 1.82) is 0 Å². The summed E-state index contributed by atoms with van der Waals surface area (Å²) in [7, 11) is 0. The molecule has 166 valence electrons. The minimum atomic E-state index is -0.490. The Balaban J connectivity index is 1.90. The van der Waals surface area contributed by atoms with Gasteiger partial charge in [0.25, 0.3) is 0 Å². The summed E-state index contributed by atoms with van der Waals surface area (Å²) in [6, 6.07) is 11.9. The van der Waals surface area contributed by atoms with E-state index in [0.717, 1.165) is 51.3 Å². The van der Waals surface area contributed by atoms with E-state index in [2.05, 4.69) is 44.8 Å². The van der Waals surface area contributed by atoms with Gasteiger partial charge in [0.1, 0.15) is 6.67 Å². The fourth-order valence-electron chi connectivity index (χ4n) is 4.36. The Morgan fingerprint density at radius 2 is 1.97 bits per heavy atom. The van der Waals surface area contributed by atoms with Crippen molar-refractivity contribution in [1.82, 2.24) is 5.32 Å². The summed E-state index contributed by atoms with van der Waals surface area (Å²) in [6.45, 7) is 11.1. The number of hydrogen-bond acceptors (Lipinski definition) is 2. The van der Waals surface area contributed by atoms with Crippen LogP contribution >= 0.6 is 11.6 Å². The predicted molar refractivity (Wildman–Crippen MR) is 130 cm³/mol. The molecule has 2 aromatic rings. The third kappa shape index (κ3) is 6.06. The Bertz CT molecular complexity index is 974. The first-order chi connectivity index (χ1) is 14.7. The first-order valence-corrected chi connectivity index (χ1v) is 11.3. The fourth-order valence-corrected chi connectivity index (χ4v) is 4.60. The van der Waals surface area contributed by atoms with Gasteiger partial charge in [-0.05, 0) is 63.3 Å². The number of aliphatic hydroxyl groups is 1. The van der Waals surface area contributed by atoms with Gasteiger partial charge in [-0.2, -0.15) is 0 Å². The highest BCUT2D eigenvalue weighted by atomic mass is 35.5. The maximum absolute atomic E-state index is 13.4. The van der Waals surface area contributed by atoms with Gasteiger partial charge >= 0.3 is 0 Å². The maximum Gasteiger partial charge on any atom is 0.115 e. The summed E-state index contributed by atoms with van der Waals surface area (Å²) in [4.78, 5) is 0. The third-order valence-corrected chi connectivity index (χ3v) is 6.12. The largest absolute Gasteiger partial charge is 0.396 e. The summed E-state index contributed by atoms with van der Waals surface area (Å²) in [5, 5.41) is 13.9. The quantitative estimate of drug-likeness (QED) is 0.475. The van der Waals surface area contributed by atoms with Crippen LogP contribution in [0, 0.1) is 5.41 Å². The number of benzene rings is 2. The molecule has 3 rings (SSSR count). The van der Waals surface area contributed by atoms with Gasteiger partial charge in [0.15, 0.2) is 0 Å². The van der Waals surface area contributed by atoms with Gasteiger partial charge in [0.05, 0.1) is 0 Å². The van der Waals surface area contributed by atoms with Gasteiger partial charge in [0.2, 0.25) is 0 Å². The Kier molecular flexibility index (Phi) is 7.74. The van der Waals surface area contributed by atoms with Crippen LogP contribution in [0.2, 0.25) is 5.02 Å². The Morgan fingerprint density at radius 3 is 2.65 bits per heavy atom. The van der Waals surface area contributed by atoms with Crippen molar-refractivity contribution in [2.45, 2.75) is 59.3 Å². The SMILES string of the molecule is C=C1C=C(c2ccc(CF)cc2CNC(CCO)CC(C)(C)C)Cc2c(Cl)cccc21. The van der Waals surface area contributed by atoms with Gasteiger partial charge in [-0.3, -0.25) is 0 Å². The lowest BCUT2D eigenvalue weighted by Gasteiger charge is -2.27. The number of nitrogens with one attached hydrogen (secondary N) is 1. The van der Waals surface area contributed by atoms with Gasteiger partial charge in [0, 0.05) is 30.6 Å². The van der Waals surface area contributed by atoms with Crippen LogP contribution in [0.5, 0.6) is 0 Å². The number of allylic oxidation sites excluding steroid dienone is 3. The number of fused-ring (bicyclic) bond motifs is 1. The molecule has 2 N–H and O–H groups in total. The lowest BCUT2D eigenvalue weighted by molar-refractivity contribution is 0.231. The van der Waals surface area contributed by atoms with E-state index in [-0.39, 0.29) is 18.1 Å². The van der Waals surface area contributed by atoms with E-state index < -0.39 is 6.67 Å². The molecule has 1 aliphatic rings. The van der Waals surface area contributed by atoms with Crippen LogP contribution in [-0.4, -0.2) is 17.8 Å². The molecule has 0 saturated carbocycles. The molecular weight excluding hydrogens is 409 g/mol. The van der Waals surface area contributed by atoms with Crippen LogP contribution in [0.15, 0.2) is 49.1 Å². The zero-order chi connectivity index (χ0) is 22.6. The topological polar surface area (TPSA) is 32.3 Å². The normalized spacial score (nSPS) is 14.9. The molecule has 0 bridgehead atoms. The van der Waals surface area contributed by atoms with E-state index in [1.165, 1.54) is 0 Å². The van der Waals surface area contributed by atoms with E-state index in [1.54, 1.807) is 0 Å². The van der Waals surface area contributed by atoms with Gasteiger partial charge in [-0.25, -0.2) is 4.39 Å². The Labute approximate surface area is 190 Å². The average molecular weight is 442 g/mol. The molecule has 0 aliphatic heterocycles. The molecule has 4 heteroatoms. The van der Waals surface area contributed by atoms with E-state index in [9.17, 15) is 9.50 Å². The van der Waals surface area contributed by atoms with Crippen LogP contribution in [0.1, 0.15) is 61.4 Å². The van der Waals surface area contributed by atoms with Gasteiger partial charge < -0.3 is 10.4 Å². The second-order valence-corrected chi connectivity index (χ2v) is 10.0. The Hall–Kier alpha value is -1.94. The van der Waals surface area contributed by atoms with Crippen LogP contribution in [-0.2, 0) is 19.6 Å². The zero-order valence-corrected chi connectivity index (χ0v) is 19.5. The van der Waals surface area contributed by atoms with E-state index in [4.69, 9.17) is 11.6 Å². The first-order valence-electron chi connectivity index (χ1n) is 10.9. The molecule has 0 aromatic heterocycles. The number of alkyl halides is 1. The summed E-state index contributed by atoms with van der Waals surface area (Å²) in [5.41, 5.74) is 7.23. The second kappa shape index (κ2) is 10.1. The average Bonchev–Trinajstić information content (AvgIpc) is 2.71. The maximum atomic E-state index is 13.4. The van der Waals surface area contributed by atoms with Crippen molar-refractivity contribution >= 4 is 22.7 Å². The van der Waals surface area contributed by atoms with Crippen molar-refractivity contribution in [3.8, 4) is 0 Å². The molecule has 0 radical (unpaired) electrons. The van der Waals surface area contributed by atoms with Gasteiger partial charge in [-0.1, -0.05) is 75.4 Å². The summed E-state index contributed by atoms with van der Waals surface area (Å²) in [6.07, 6.45) is 4.48. The third-order valence-electron chi connectivity index (χ3n) is 5.77. The second-order valence-electron chi connectivity index (χ2n) is 9.62. The van der Waals surface area contributed by atoms with E-state index >= 15 is 0 Å². The van der Waals surface area contributed by atoms with Crippen LogP contribution < -0.4 is 5.32 Å². The molecular formula is C27H33ClFNO. The van der Waals surface area contributed by atoms with Crippen molar-refractivity contribution in [2.75, 3.05) is 6.61 Å². The summed E-state index contributed by atoms with van der Waals surface area (Å²) >= 11 is 6.49. The summed E-state index contributed by atoms with van der Waals surface area (Å²) in [5.74, 6) is 0. The fraction of sp³-hybridized carbons (Fsp3) is 0.407. The first kappa shape index (κ1) is 23.7. The lowest BCUT2D eigenvalue weighted by Crippen LogP contribution is -2.33. The van der Waals surface area contributed by atoms with Gasteiger partial charge in [-0.15, -0.1) is 0 Å². The Morgan fingerprint density at radius 1 is 1.19 bits per heavy atom. The standard InChI is InChI=1S/C27H33ClFNO/c1-18-12-20(14-25-23(18)6-5-7-26(25)28)24-9-8-19(16-29)13-21(24)17-30-22(10-11-31)15-27(2,3)4/h5-9,12-13,22,30-31H,1,10-11,14-17H2,2-4H3. The van der Waals surface area contributed by atoms with Crippen LogP contribution in [0.4, 0.5) is 4.39 Å². The molecule has 2 aromatic carbocycles. The number of rotatable bonds is 8. The number of aliphatic hydroxyl groups excluding tert-OH is 1. The molecule has 0 spiro atoms. The molecule has 2 nitrogen and oxygen atoms in total. The molecule has 0 saturated heterocycles. The molecule has 1 atom stereocenters. The highest BCUT2D eigenvalue weighted by molar-refractivity contribution is 6.31. The van der Waals surface area contributed by atoms with Crippen LogP contribution in [0.25, 0.3) is 11.1 Å². The van der Waals surface area contributed by atoms with Crippen molar-refractivity contribution in [3.63, 3.8) is 0 Å². The summed E-state index contributed by atoms with van der Waals surface area (Å²) < 4.78 is 13.4. The molecule has 0 heterocycles. The molecule has 1 unspecified atom stereocenters. The number of hydrogen-bond donors (Lipinski definition) is 2.